The predicted molar refractivity (Wildman–Crippen MR) is 197 cm³/mol. The molecule has 1 aromatic heterocycles. The average molecular weight is 844 g/mol. The van der Waals surface area contributed by atoms with Crippen LogP contribution in [0.25, 0.3) is 28.4 Å². The van der Waals surface area contributed by atoms with Crippen LogP contribution >= 0.6 is 0 Å². The molecular formula is C39H39O21+. The quantitative estimate of drug-likeness (QED) is 0.0274. The Balaban J connectivity index is 1.22. The normalized spacial score (nSPS) is 26.7. The first-order valence-electron chi connectivity index (χ1n) is 17.9. The van der Waals surface area contributed by atoms with Gasteiger partial charge in [0.05, 0.1) is 11.6 Å². The molecule has 0 spiro atoms. The number of carbonyl (C=O) groups excluding carboxylic acids is 2. The number of aromatic hydroxyl groups is 4. The largest absolute Gasteiger partial charge is 0.508 e. The fourth-order valence-electron chi connectivity index (χ4n) is 6.08. The lowest BCUT2D eigenvalue weighted by Crippen LogP contribution is -2.60. The van der Waals surface area contributed by atoms with Crippen LogP contribution in [0.4, 0.5) is 0 Å². The van der Waals surface area contributed by atoms with Crippen LogP contribution in [-0.2, 0) is 33.3 Å². The maximum atomic E-state index is 12.4. The number of hydrogen-bond donors (Lipinski definition) is 11. The topological polar surface area (TPSA) is 340 Å². The van der Waals surface area contributed by atoms with Crippen molar-refractivity contribution in [3.63, 3.8) is 0 Å². The summed E-state index contributed by atoms with van der Waals surface area (Å²) in [5.74, 6) is -5.56. The Labute approximate surface area is 337 Å². The number of carboxylic acids is 1. The molecule has 60 heavy (non-hydrogen) atoms. The predicted octanol–water partition coefficient (Wildman–Crippen LogP) is -0.149. The molecule has 21 heteroatoms. The molecule has 10 atom stereocenters. The van der Waals surface area contributed by atoms with Gasteiger partial charge in [-0.1, -0.05) is 6.07 Å². The van der Waals surface area contributed by atoms with Gasteiger partial charge in [-0.15, -0.1) is 0 Å². The maximum absolute atomic E-state index is 12.4. The third kappa shape index (κ3) is 9.93. The van der Waals surface area contributed by atoms with Crippen LogP contribution in [0.3, 0.4) is 0 Å². The Morgan fingerprint density at radius 2 is 1.28 bits per heavy atom. The van der Waals surface area contributed by atoms with Gasteiger partial charge in [0.15, 0.2) is 11.5 Å². The SMILES string of the molecule is O=C(O)CC(=O)OCC1O[C@@H](Oc2cc3c(O)cc(O[C@@H]4OC(COC(=O)/C=C/c5ccc(O)c(O)c5)[C@@H](O)[C@H](O)C4O)cc3[o+]c2-c2ccc(O)cc2)C(O)C(O)[C@@H]1O. The number of aliphatic hydroxyl groups excluding tert-OH is 6. The summed E-state index contributed by atoms with van der Waals surface area (Å²) in [6.45, 7) is -1.36. The van der Waals surface area contributed by atoms with Gasteiger partial charge in [0.1, 0.15) is 91.1 Å². The van der Waals surface area contributed by atoms with Crippen molar-refractivity contribution in [3.8, 4) is 45.8 Å². The van der Waals surface area contributed by atoms with E-state index < -0.39 is 110 Å². The second-order valence-corrected chi connectivity index (χ2v) is 13.6. The molecule has 4 aromatic rings. The highest BCUT2D eigenvalue weighted by Gasteiger charge is 2.47. The van der Waals surface area contributed by atoms with Crippen molar-refractivity contribution in [2.75, 3.05) is 13.2 Å². The van der Waals surface area contributed by atoms with Gasteiger partial charge < -0.3 is 84.6 Å². The van der Waals surface area contributed by atoms with E-state index >= 15 is 0 Å². The van der Waals surface area contributed by atoms with Gasteiger partial charge in [0.2, 0.25) is 18.3 Å². The monoisotopic (exact) mass is 843 g/mol. The molecule has 3 aromatic carbocycles. The summed E-state index contributed by atoms with van der Waals surface area (Å²) in [4.78, 5) is 35.0. The number of phenols is 4. The van der Waals surface area contributed by atoms with E-state index in [1.807, 2.05) is 0 Å². The van der Waals surface area contributed by atoms with Crippen molar-refractivity contribution in [1.82, 2.24) is 0 Å². The molecule has 0 aliphatic carbocycles. The van der Waals surface area contributed by atoms with Crippen molar-refractivity contribution >= 4 is 35.0 Å². The van der Waals surface area contributed by atoms with Gasteiger partial charge in [-0.2, -0.15) is 0 Å². The highest BCUT2D eigenvalue weighted by atomic mass is 16.7. The zero-order valence-electron chi connectivity index (χ0n) is 30.8. The lowest BCUT2D eigenvalue weighted by atomic mass is 9.99. The number of rotatable bonds is 13. The highest BCUT2D eigenvalue weighted by Crippen LogP contribution is 2.41. The molecule has 3 heterocycles. The third-order valence-corrected chi connectivity index (χ3v) is 9.27. The van der Waals surface area contributed by atoms with Crippen molar-refractivity contribution in [2.45, 2.75) is 67.8 Å². The number of phenolic OH excluding ortho intramolecular Hbond substituents is 4. The fraction of sp³-hybridized carbons (Fsp3) is 0.333. The summed E-state index contributed by atoms with van der Waals surface area (Å²) < 4.78 is 39.0. The Hall–Kier alpha value is -6.30. The lowest BCUT2D eigenvalue weighted by Gasteiger charge is -2.39. The molecule has 2 aliphatic heterocycles. The zero-order chi connectivity index (χ0) is 43.4. The number of ether oxygens (including phenoxy) is 6. The molecule has 0 radical (unpaired) electrons. The van der Waals surface area contributed by atoms with E-state index in [4.69, 9.17) is 37.9 Å². The van der Waals surface area contributed by atoms with Crippen LogP contribution in [0.2, 0.25) is 0 Å². The van der Waals surface area contributed by atoms with Crippen LogP contribution in [0, 0.1) is 0 Å². The van der Waals surface area contributed by atoms with E-state index in [9.17, 15) is 65.4 Å². The van der Waals surface area contributed by atoms with E-state index in [2.05, 4.69) is 0 Å². The molecule has 0 amide bonds. The van der Waals surface area contributed by atoms with Crippen molar-refractivity contribution < 1.29 is 103 Å². The van der Waals surface area contributed by atoms with Gasteiger partial charge in [-0.25, -0.2) is 9.21 Å². The molecule has 0 saturated carbocycles. The molecule has 21 nitrogen and oxygen atoms in total. The Morgan fingerprint density at radius 1 is 0.667 bits per heavy atom. The third-order valence-electron chi connectivity index (χ3n) is 9.27. The molecule has 0 bridgehead atoms. The smallest absolute Gasteiger partial charge is 0.402 e. The number of benzene rings is 3. The number of hydrogen-bond acceptors (Lipinski definition) is 19. The van der Waals surface area contributed by atoms with E-state index in [0.717, 1.165) is 12.1 Å². The minimum atomic E-state index is -1.92. The van der Waals surface area contributed by atoms with Gasteiger partial charge in [0, 0.05) is 18.2 Å². The number of aliphatic carboxylic acids is 1. The number of aliphatic hydroxyl groups is 6. The van der Waals surface area contributed by atoms with Crippen molar-refractivity contribution in [2.24, 2.45) is 0 Å². The second-order valence-electron chi connectivity index (χ2n) is 13.6. The average Bonchev–Trinajstić information content (AvgIpc) is 3.20. The van der Waals surface area contributed by atoms with E-state index in [-0.39, 0.29) is 45.3 Å². The Morgan fingerprint density at radius 3 is 1.90 bits per heavy atom. The molecule has 5 unspecified atom stereocenters. The van der Waals surface area contributed by atoms with Crippen molar-refractivity contribution in [1.29, 1.82) is 0 Å². The molecule has 6 rings (SSSR count). The molecule has 2 saturated heterocycles. The molecule has 320 valence electrons. The summed E-state index contributed by atoms with van der Waals surface area (Å²) in [7, 11) is 0. The summed E-state index contributed by atoms with van der Waals surface area (Å²) >= 11 is 0. The summed E-state index contributed by atoms with van der Waals surface area (Å²) in [5, 5.41) is 113. The molecular weight excluding hydrogens is 804 g/mol. The van der Waals surface area contributed by atoms with Crippen LogP contribution in [-0.4, -0.2) is 149 Å². The van der Waals surface area contributed by atoms with Gasteiger partial charge >= 0.3 is 29.3 Å². The standard InChI is InChI=1S/C39H38O21/c40-18-5-3-17(4-6-18)37-25(58-39-36(53)34(51)32(49)27(60-39)15-55-30(47)13-28(44)45)12-20-22(42)10-19(11-24(20)57-37)56-38-35(52)33(50)31(48)26(59-38)14-54-29(46)8-2-16-1-7-21(41)23(43)9-16/h1-12,26-27,31-36,38-39,48-53H,13-15H2,(H4-,40,41,42,43,44,45,46)/p+1/t26?,27?,31-,32-,33+,34?,35?,36?,38-,39-/m1/s1. The maximum Gasteiger partial charge on any atom is 0.402 e. The van der Waals surface area contributed by atoms with Crippen molar-refractivity contribution in [3.05, 3.63) is 72.3 Å². The lowest BCUT2D eigenvalue weighted by molar-refractivity contribution is -0.278. The molecule has 11 N–H and O–H groups in total. The Kier molecular flexibility index (Phi) is 13.2. The highest BCUT2D eigenvalue weighted by molar-refractivity contribution is 5.90. The first-order valence-corrected chi connectivity index (χ1v) is 17.9. The van der Waals surface area contributed by atoms with Gasteiger partial charge in [0.25, 0.3) is 0 Å². The van der Waals surface area contributed by atoms with Gasteiger partial charge in [-0.3, -0.25) is 9.59 Å². The van der Waals surface area contributed by atoms with E-state index in [1.165, 1.54) is 60.7 Å². The number of fused-ring (bicyclic) bond motifs is 1. The number of carboxylic acid groups (broad SMARTS) is 1. The molecule has 2 aliphatic rings. The number of carbonyl (C=O) groups is 3. The van der Waals surface area contributed by atoms with Gasteiger partial charge in [-0.05, 0) is 48.0 Å². The minimum absolute atomic E-state index is 0.0501. The first-order chi connectivity index (χ1) is 28.5. The second kappa shape index (κ2) is 18.3. The summed E-state index contributed by atoms with van der Waals surface area (Å²) in [6, 6.07) is 12.8. The van der Waals surface area contributed by atoms with Crippen LogP contribution in [0.5, 0.6) is 34.5 Å². The van der Waals surface area contributed by atoms with E-state index in [0.29, 0.717) is 5.56 Å². The zero-order valence-corrected chi connectivity index (χ0v) is 30.8. The van der Waals surface area contributed by atoms with Crippen LogP contribution < -0.4 is 9.47 Å². The summed E-state index contributed by atoms with van der Waals surface area (Å²) in [5.41, 5.74) is 0.489. The fourth-order valence-corrected chi connectivity index (χ4v) is 6.08. The Bertz CT molecular complexity index is 2230. The first kappa shape index (κ1) is 43.3. The summed E-state index contributed by atoms with van der Waals surface area (Å²) in [6.07, 6.45) is -16.3. The van der Waals surface area contributed by atoms with E-state index in [1.54, 1.807) is 0 Å². The van der Waals surface area contributed by atoms with Crippen LogP contribution in [0.1, 0.15) is 12.0 Å². The molecule has 2 fully saturated rings. The minimum Gasteiger partial charge on any atom is -0.508 e. The van der Waals surface area contributed by atoms with Crippen LogP contribution in [0.15, 0.2) is 71.2 Å². The number of esters is 2.